The minimum atomic E-state index is -0.574. The van der Waals surface area contributed by atoms with Gasteiger partial charge in [-0.1, -0.05) is 24.3 Å². The molecular formula is C17H23N3O3. The molecule has 6 nitrogen and oxygen atoms in total. The third kappa shape index (κ3) is 7.26. The monoisotopic (exact) mass is 317 g/mol. The van der Waals surface area contributed by atoms with E-state index in [-0.39, 0.29) is 12.5 Å². The van der Waals surface area contributed by atoms with E-state index in [2.05, 4.69) is 17.1 Å². The van der Waals surface area contributed by atoms with Gasteiger partial charge in [-0.3, -0.25) is 9.69 Å². The third-order valence-electron chi connectivity index (χ3n) is 2.60. The van der Waals surface area contributed by atoms with Gasteiger partial charge in [0.15, 0.2) is 0 Å². The molecule has 0 saturated heterocycles. The first-order chi connectivity index (χ1) is 10.8. The van der Waals surface area contributed by atoms with E-state index in [1.165, 1.54) is 11.1 Å². The number of ether oxygens (including phenoxy) is 1. The van der Waals surface area contributed by atoms with Crippen molar-refractivity contribution in [1.82, 2.24) is 10.3 Å². The molecule has 0 saturated carbocycles. The van der Waals surface area contributed by atoms with Gasteiger partial charge in [0.1, 0.15) is 5.60 Å². The fourth-order valence-electron chi connectivity index (χ4n) is 1.60. The van der Waals surface area contributed by atoms with E-state index in [9.17, 15) is 9.59 Å². The molecule has 0 heterocycles. The Balaban J connectivity index is 2.53. The molecule has 0 bridgehead atoms. The molecule has 1 aromatic carbocycles. The highest BCUT2D eigenvalue weighted by Crippen LogP contribution is 2.09. The van der Waals surface area contributed by atoms with Crippen molar-refractivity contribution in [3.8, 4) is 0 Å². The number of benzene rings is 1. The molecule has 124 valence electrons. The van der Waals surface area contributed by atoms with Crippen LogP contribution >= 0.6 is 0 Å². The van der Waals surface area contributed by atoms with Crippen molar-refractivity contribution in [3.63, 3.8) is 0 Å². The van der Waals surface area contributed by atoms with Crippen molar-refractivity contribution in [2.75, 3.05) is 13.1 Å². The summed E-state index contributed by atoms with van der Waals surface area (Å²) >= 11 is 0. The Morgan fingerprint density at radius 2 is 1.91 bits per heavy atom. The van der Waals surface area contributed by atoms with E-state index < -0.39 is 11.7 Å². The zero-order valence-electron chi connectivity index (χ0n) is 13.8. The highest BCUT2D eigenvalue weighted by atomic mass is 16.6. The van der Waals surface area contributed by atoms with Crippen molar-refractivity contribution in [1.29, 1.82) is 0 Å². The predicted octanol–water partition coefficient (Wildman–Crippen LogP) is 2.83. The Morgan fingerprint density at radius 3 is 2.48 bits per heavy atom. The number of carbonyl (C=O) groups is 2. The summed E-state index contributed by atoms with van der Waals surface area (Å²) in [6.07, 6.45) is 2.58. The van der Waals surface area contributed by atoms with Crippen LogP contribution in [0.15, 0.2) is 48.1 Å². The van der Waals surface area contributed by atoms with Crippen LogP contribution in [0.4, 0.5) is 4.79 Å². The normalized spacial score (nSPS) is 11.1. The van der Waals surface area contributed by atoms with Crippen molar-refractivity contribution in [3.05, 3.63) is 48.6 Å². The lowest BCUT2D eigenvalue weighted by atomic mass is 10.2. The quantitative estimate of drug-likeness (QED) is 0.498. The van der Waals surface area contributed by atoms with E-state index in [0.29, 0.717) is 12.1 Å². The molecule has 1 N–H and O–H groups in total. The first-order valence-electron chi connectivity index (χ1n) is 7.29. The second kappa shape index (κ2) is 8.73. The van der Waals surface area contributed by atoms with Gasteiger partial charge in [0.25, 0.3) is 5.91 Å². The van der Waals surface area contributed by atoms with Gasteiger partial charge in [0.05, 0.1) is 6.54 Å². The van der Waals surface area contributed by atoms with Gasteiger partial charge in [0.2, 0.25) is 0 Å². The number of hydrogen-bond acceptors (Lipinski definition) is 4. The zero-order valence-corrected chi connectivity index (χ0v) is 13.8. The lowest BCUT2D eigenvalue weighted by Crippen LogP contribution is -2.38. The van der Waals surface area contributed by atoms with Gasteiger partial charge in [0, 0.05) is 18.3 Å². The van der Waals surface area contributed by atoms with Crippen molar-refractivity contribution in [2.24, 2.45) is 5.10 Å². The Hall–Kier alpha value is -2.63. The van der Waals surface area contributed by atoms with Crippen molar-refractivity contribution < 1.29 is 14.3 Å². The number of nitrogens with zero attached hydrogens (tertiary/aromatic N) is 2. The number of hydrazone groups is 1. The van der Waals surface area contributed by atoms with Gasteiger partial charge >= 0.3 is 6.09 Å². The number of rotatable bonds is 6. The standard InChI is InChI=1S/C17H23N3O3/c1-5-12-20(16(22)23-17(2,3)4)13-11-18-19-15(21)14-9-7-6-8-10-14/h5-11H,1,12-13H2,2-4H3,(H,19,21)/b18-11+. The van der Waals surface area contributed by atoms with E-state index in [1.807, 2.05) is 6.07 Å². The smallest absolute Gasteiger partial charge is 0.410 e. The summed E-state index contributed by atoms with van der Waals surface area (Å²) in [5.41, 5.74) is 2.35. The van der Waals surface area contributed by atoms with Crippen LogP contribution in [0.1, 0.15) is 31.1 Å². The van der Waals surface area contributed by atoms with E-state index in [1.54, 1.807) is 51.1 Å². The Morgan fingerprint density at radius 1 is 1.26 bits per heavy atom. The van der Waals surface area contributed by atoms with Crippen LogP contribution in [0.3, 0.4) is 0 Å². The lowest BCUT2D eigenvalue weighted by molar-refractivity contribution is 0.0301. The van der Waals surface area contributed by atoms with Crippen molar-refractivity contribution >= 4 is 18.2 Å². The van der Waals surface area contributed by atoms with E-state index in [0.717, 1.165) is 0 Å². The van der Waals surface area contributed by atoms with Crippen LogP contribution in [0, 0.1) is 0 Å². The minimum absolute atomic E-state index is 0.204. The summed E-state index contributed by atoms with van der Waals surface area (Å²) in [5.74, 6) is -0.311. The Kier molecular flexibility index (Phi) is 6.99. The molecule has 0 atom stereocenters. The molecule has 0 aromatic heterocycles. The summed E-state index contributed by atoms with van der Waals surface area (Å²) in [7, 11) is 0. The average Bonchev–Trinajstić information content (AvgIpc) is 2.49. The van der Waals surface area contributed by atoms with Gasteiger partial charge in [-0.15, -0.1) is 6.58 Å². The molecule has 1 rings (SSSR count). The van der Waals surface area contributed by atoms with Crippen LogP contribution < -0.4 is 5.43 Å². The van der Waals surface area contributed by atoms with Crippen LogP contribution in [0.25, 0.3) is 0 Å². The maximum Gasteiger partial charge on any atom is 0.410 e. The highest BCUT2D eigenvalue weighted by Gasteiger charge is 2.20. The van der Waals surface area contributed by atoms with Gasteiger partial charge < -0.3 is 4.74 Å². The van der Waals surface area contributed by atoms with Gasteiger partial charge in [-0.2, -0.15) is 5.10 Å². The van der Waals surface area contributed by atoms with Crippen LogP contribution in [-0.2, 0) is 4.74 Å². The molecule has 2 amide bonds. The number of nitrogens with one attached hydrogen (secondary N) is 1. The average molecular weight is 317 g/mol. The van der Waals surface area contributed by atoms with Crippen LogP contribution in [0.5, 0.6) is 0 Å². The maximum absolute atomic E-state index is 12.0. The van der Waals surface area contributed by atoms with Crippen LogP contribution in [0.2, 0.25) is 0 Å². The summed E-state index contributed by atoms with van der Waals surface area (Å²) in [5, 5.41) is 3.84. The minimum Gasteiger partial charge on any atom is -0.444 e. The molecule has 0 fully saturated rings. The number of carbonyl (C=O) groups excluding carboxylic acids is 2. The largest absolute Gasteiger partial charge is 0.444 e. The molecule has 6 heteroatoms. The predicted molar refractivity (Wildman–Crippen MR) is 90.4 cm³/mol. The molecule has 1 aromatic rings. The molecular weight excluding hydrogens is 294 g/mol. The Bertz CT molecular complexity index is 562. The fraction of sp³-hybridized carbons (Fsp3) is 0.353. The van der Waals surface area contributed by atoms with Gasteiger partial charge in [-0.25, -0.2) is 10.2 Å². The van der Waals surface area contributed by atoms with Crippen molar-refractivity contribution in [2.45, 2.75) is 26.4 Å². The fourth-order valence-corrected chi connectivity index (χ4v) is 1.60. The lowest BCUT2D eigenvalue weighted by Gasteiger charge is -2.25. The first-order valence-corrected chi connectivity index (χ1v) is 7.29. The molecule has 0 aliphatic heterocycles. The molecule has 0 aliphatic carbocycles. The summed E-state index contributed by atoms with van der Waals surface area (Å²) in [6.45, 7) is 9.53. The molecule has 0 radical (unpaired) electrons. The number of amides is 2. The Labute approximate surface area is 136 Å². The van der Waals surface area contributed by atoms with E-state index >= 15 is 0 Å². The highest BCUT2D eigenvalue weighted by molar-refractivity contribution is 5.94. The second-order valence-corrected chi connectivity index (χ2v) is 5.79. The number of hydrogen-bond donors (Lipinski definition) is 1. The zero-order chi connectivity index (χ0) is 17.3. The molecule has 0 aliphatic rings. The third-order valence-corrected chi connectivity index (χ3v) is 2.60. The molecule has 23 heavy (non-hydrogen) atoms. The van der Waals surface area contributed by atoms with Crippen LogP contribution in [-0.4, -0.2) is 41.8 Å². The summed E-state index contributed by atoms with van der Waals surface area (Å²) < 4.78 is 5.29. The maximum atomic E-state index is 12.0. The second-order valence-electron chi connectivity index (χ2n) is 5.79. The molecule has 0 spiro atoms. The van der Waals surface area contributed by atoms with E-state index in [4.69, 9.17) is 4.74 Å². The first kappa shape index (κ1) is 18.4. The van der Waals surface area contributed by atoms with Gasteiger partial charge in [-0.05, 0) is 32.9 Å². The summed E-state index contributed by atoms with van der Waals surface area (Å²) in [6, 6.07) is 8.75. The molecule has 0 unspecified atom stereocenters. The summed E-state index contributed by atoms with van der Waals surface area (Å²) in [4.78, 5) is 25.2. The SMILES string of the molecule is C=CCN(C/C=N/NC(=O)c1ccccc1)C(=O)OC(C)(C)C. The topological polar surface area (TPSA) is 71.0 Å².